The molecule has 114 valence electrons. The topological polar surface area (TPSA) is 72.5 Å². The molecule has 2 rings (SSSR count). The maximum atomic E-state index is 12.1. The molecule has 0 aliphatic heterocycles. The van der Waals surface area contributed by atoms with Crippen LogP contribution in [0.15, 0.2) is 42.5 Å². The summed E-state index contributed by atoms with van der Waals surface area (Å²) in [5, 5.41) is 9.75. The highest BCUT2D eigenvalue weighted by Crippen LogP contribution is 2.29. The van der Waals surface area contributed by atoms with E-state index in [1.807, 2.05) is 6.92 Å². The van der Waals surface area contributed by atoms with E-state index in [1.165, 1.54) is 6.08 Å². The lowest BCUT2D eigenvalue weighted by molar-refractivity contribution is 0.104. The van der Waals surface area contributed by atoms with Gasteiger partial charge in [0.1, 0.15) is 11.5 Å². The first kappa shape index (κ1) is 15.6. The third-order valence-electron chi connectivity index (χ3n) is 3.24. The molecule has 0 unspecified atom stereocenters. The van der Waals surface area contributed by atoms with Crippen LogP contribution in [0.5, 0.6) is 11.5 Å². The first-order chi connectivity index (χ1) is 10.5. The van der Waals surface area contributed by atoms with Crippen LogP contribution in [0.25, 0.3) is 6.08 Å². The minimum Gasteiger partial charge on any atom is -0.508 e. The second kappa shape index (κ2) is 6.80. The van der Waals surface area contributed by atoms with Crippen LogP contribution in [-0.4, -0.2) is 17.5 Å². The SMILES string of the molecule is CCOc1cc(O)c(C)cc1C=CC(=O)c1ccc(N)cc1. The first-order valence-corrected chi connectivity index (χ1v) is 7.05. The van der Waals surface area contributed by atoms with Crippen molar-refractivity contribution >= 4 is 17.5 Å². The van der Waals surface area contributed by atoms with Gasteiger partial charge in [-0.2, -0.15) is 0 Å². The fraction of sp³-hybridized carbons (Fsp3) is 0.167. The summed E-state index contributed by atoms with van der Waals surface area (Å²) in [6.07, 6.45) is 3.18. The minimum absolute atomic E-state index is 0.117. The summed E-state index contributed by atoms with van der Waals surface area (Å²) < 4.78 is 5.49. The van der Waals surface area contributed by atoms with Crippen LogP contribution in [0.4, 0.5) is 5.69 Å². The zero-order chi connectivity index (χ0) is 16.1. The van der Waals surface area contributed by atoms with Gasteiger partial charge in [-0.3, -0.25) is 4.79 Å². The van der Waals surface area contributed by atoms with Crippen molar-refractivity contribution in [2.45, 2.75) is 13.8 Å². The summed E-state index contributed by atoms with van der Waals surface area (Å²) in [6.45, 7) is 4.14. The van der Waals surface area contributed by atoms with Gasteiger partial charge in [-0.15, -0.1) is 0 Å². The Bertz CT molecular complexity index is 703. The number of allylic oxidation sites excluding steroid dienone is 1. The van der Waals surface area contributed by atoms with E-state index in [0.717, 1.165) is 11.1 Å². The van der Waals surface area contributed by atoms with Crippen molar-refractivity contribution in [1.29, 1.82) is 0 Å². The van der Waals surface area contributed by atoms with Crippen LogP contribution >= 0.6 is 0 Å². The smallest absolute Gasteiger partial charge is 0.185 e. The van der Waals surface area contributed by atoms with Gasteiger partial charge >= 0.3 is 0 Å². The molecule has 4 nitrogen and oxygen atoms in total. The molecule has 4 heteroatoms. The fourth-order valence-electron chi connectivity index (χ4n) is 2.02. The molecule has 0 fully saturated rings. The Balaban J connectivity index is 2.27. The van der Waals surface area contributed by atoms with Crippen LogP contribution in [-0.2, 0) is 0 Å². The quantitative estimate of drug-likeness (QED) is 0.502. The molecule has 22 heavy (non-hydrogen) atoms. The number of carbonyl (C=O) groups is 1. The van der Waals surface area contributed by atoms with Crippen molar-refractivity contribution in [3.63, 3.8) is 0 Å². The molecule has 0 aliphatic rings. The number of ether oxygens (including phenoxy) is 1. The highest BCUT2D eigenvalue weighted by atomic mass is 16.5. The van der Waals surface area contributed by atoms with E-state index in [0.29, 0.717) is 23.6 Å². The van der Waals surface area contributed by atoms with Gasteiger partial charge in [-0.25, -0.2) is 0 Å². The molecule has 3 N–H and O–H groups in total. The van der Waals surface area contributed by atoms with Gasteiger partial charge < -0.3 is 15.6 Å². The van der Waals surface area contributed by atoms with Gasteiger partial charge in [-0.05, 0) is 61.9 Å². The predicted octanol–water partition coefficient (Wildman–Crippen LogP) is 3.58. The third-order valence-corrected chi connectivity index (χ3v) is 3.24. The zero-order valence-corrected chi connectivity index (χ0v) is 12.7. The highest BCUT2D eigenvalue weighted by molar-refractivity contribution is 6.07. The summed E-state index contributed by atoms with van der Waals surface area (Å²) in [7, 11) is 0. The van der Waals surface area contributed by atoms with Crippen molar-refractivity contribution in [1.82, 2.24) is 0 Å². The molecular weight excluding hydrogens is 278 g/mol. The molecule has 0 heterocycles. The molecule has 0 aliphatic carbocycles. The van der Waals surface area contributed by atoms with Crippen molar-refractivity contribution in [3.8, 4) is 11.5 Å². The van der Waals surface area contributed by atoms with Gasteiger partial charge in [0.2, 0.25) is 0 Å². The van der Waals surface area contributed by atoms with Gasteiger partial charge in [0.25, 0.3) is 0 Å². The molecule has 0 bridgehead atoms. The number of phenols is 1. The number of anilines is 1. The van der Waals surface area contributed by atoms with E-state index in [2.05, 4.69) is 0 Å². The van der Waals surface area contributed by atoms with Crippen molar-refractivity contribution < 1.29 is 14.6 Å². The molecule has 2 aromatic rings. The van der Waals surface area contributed by atoms with Gasteiger partial charge in [0.05, 0.1) is 6.61 Å². The number of benzene rings is 2. The molecule has 0 amide bonds. The largest absolute Gasteiger partial charge is 0.508 e. The second-order valence-corrected chi connectivity index (χ2v) is 4.93. The van der Waals surface area contributed by atoms with Gasteiger partial charge in [0, 0.05) is 22.9 Å². The Morgan fingerprint density at radius 3 is 2.59 bits per heavy atom. The Labute approximate surface area is 129 Å². The van der Waals surface area contributed by atoms with E-state index < -0.39 is 0 Å². The Morgan fingerprint density at radius 2 is 1.95 bits per heavy atom. The lowest BCUT2D eigenvalue weighted by atomic mass is 10.1. The molecular formula is C18H19NO3. The second-order valence-electron chi connectivity index (χ2n) is 4.93. The van der Waals surface area contributed by atoms with Gasteiger partial charge in [0.15, 0.2) is 5.78 Å². The standard InChI is InChI=1S/C18H19NO3/c1-3-22-18-11-17(21)12(2)10-14(18)6-9-16(20)13-4-7-15(19)8-5-13/h4-11,21H,3,19H2,1-2H3. The molecule has 0 atom stereocenters. The Morgan fingerprint density at radius 1 is 1.27 bits per heavy atom. The number of aryl methyl sites for hydroxylation is 1. The van der Waals surface area contributed by atoms with E-state index >= 15 is 0 Å². The van der Waals surface area contributed by atoms with E-state index in [1.54, 1.807) is 49.4 Å². The lowest BCUT2D eigenvalue weighted by Gasteiger charge is -2.09. The summed E-state index contributed by atoms with van der Waals surface area (Å²) in [4.78, 5) is 12.1. The van der Waals surface area contributed by atoms with Crippen molar-refractivity contribution in [2.24, 2.45) is 0 Å². The average Bonchev–Trinajstić information content (AvgIpc) is 2.50. The molecule has 0 saturated heterocycles. The number of aromatic hydroxyl groups is 1. The Kier molecular flexibility index (Phi) is 4.84. The van der Waals surface area contributed by atoms with Crippen LogP contribution in [0.3, 0.4) is 0 Å². The molecule has 0 spiro atoms. The summed E-state index contributed by atoms with van der Waals surface area (Å²) in [5.74, 6) is 0.602. The number of nitrogens with two attached hydrogens (primary N) is 1. The maximum absolute atomic E-state index is 12.1. The number of ketones is 1. The number of hydrogen-bond acceptors (Lipinski definition) is 4. The van der Waals surface area contributed by atoms with Crippen LogP contribution in [0.2, 0.25) is 0 Å². The first-order valence-electron chi connectivity index (χ1n) is 7.05. The zero-order valence-electron chi connectivity index (χ0n) is 12.7. The predicted molar refractivity (Wildman–Crippen MR) is 88.2 cm³/mol. The van der Waals surface area contributed by atoms with E-state index in [9.17, 15) is 9.90 Å². The normalized spacial score (nSPS) is 10.8. The summed E-state index contributed by atoms with van der Waals surface area (Å²) in [5.41, 5.74) is 8.27. The number of rotatable bonds is 5. The van der Waals surface area contributed by atoms with Gasteiger partial charge in [-0.1, -0.05) is 0 Å². The molecule has 0 radical (unpaired) electrons. The van der Waals surface area contributed by atoms with Crippen molar-refractivity contribution in [2.75, 3.05) is 12.3 Å². The van der Waals surface area contributed by atoms with E-state index in [-0.39, 0.29) is 11.5 Å². The van der Waals surface area contributed by atoms with E-state index in [4.69, 9.17) is 10.5 Å². The highest BCUT2D eigenvalue weighted by Gasteiger charge is 2.07. The van der Waals surface area contributed by atoms with Crippen LogP contribution < -0.4 is 10.5 Å². The number of phenolic OH excluding ortho intramolecular Hbond substituents is 1. The average molecular weight is 297 g/mol. The summed E-state index contributed by atoms with van der Waals surface area (Å²) in [6, 6.07) is 10.1. The maximum Gasteiger partial charge on any atom is 0.185 e. The summed E-state index contributed by atoms with van der Waals surface area (Å²) >= 11 is 0. The molecule has 0 aromatic heterocycles. The van der Waals surface area contributed by atoms with Crippen LogP contribution in [0, 0.1) is 6.92 Å². The monoisotopic (exact) mass is 297 g/mol. The molecule has 0 saturated carbocycles. The lowest BCUT2D eigenvalue weighted by Crippen LogP contribution is -1.97. The number of carbonyl (C=O) groups excluding carboxylic acids is 1. The number of hydrogen-bond donors (Lipinski definition) is 2. The van der Waals surface area contributed by atoms with Crippen LogP contribution in [0.1, 0.15) is 28.4 Å². The Hall–Kier alpha value is -2.75. The number of nitrogen functional groups attached to an aromatic ring is 1. The minimum atomic E-state index is -0.117. The molecule has 2 aromatic carbocycles. The third kappa shape index (κ3) is 3.67. The van der Waals surface area contributed by atoms with Crippen molar-refractivity contribution in [3.05, 3.63) is 59.2 Å². The fourth-order valence-corrected chi connectivity index (χ4v) is 2.02.